The van der Waals surface area contributed by atoms with Crippen LogP contribution in [0.4, 0.5) is 0 Å². The molecule has 1 atom stereocenters. The molecule has 2 rings (SSSR count). The second kappa shape index (κ2) is 10.4. The van der Waals surface area contributed by atoms with Crippen molar-refractivity contribution in [2.24, 2.45) is 5.92 Å². The Hall–Kier alpha value is -0.360. The highest BCUT2D eigenvalue weighted by atomic mass is 35.5. The van der Waals surface area contributed by atoms with Crippen LogP contribution in [0.2, 0.25) is 0 Å². The fourth-order valence-electron chi connectivity index (χ4n) is 2.47. The first-order valence-electron chi connectivity index (χ1n) is 7.07. The number of nitrogens with one attached hydrogen (secondary N) is 2. The number of carbonyl (C=O) groups excluding carboxylic acids is 1. The van der Waals surface area contributed by atoms with Crippen molar-refractivity contribution in [3.63, 3.8) is 0 Å². The minimum absolute atomic E-state index is 0. The van der Waals surface area contributed by atoms with Crippen LogP contribution in [0.5, 0.6) is 0 Å². The molecule has 0 spiro atoms. The van der Waals surface area contributed by atoms with E-state index in [0.29, 0.717) is 12.3 Å². The van der Waals surface area contributed by atoms with Gasteiger partial charge in [-0.25, -0.2) is 4.98 Å². The Morgan fingerprint density at radius 2 is 2.14 bits per heavy atom. The molecule has 1 aliphatic heterocycles. The molecule has 0 radical (unpaired) electrons. The molecule has 21 heavy (non-hydrogen) atoms. The summed E-state index contributed by atoms with van der Waals surface area (Å²) in [5.74, 6) is 0.862. The lowest BCUT2D eigenvalue weighted by Crippen LogP contribution is -2.30. The molecular formula is C14H25Cl2N3OS. The highest BCUT2D eigenvalue weighted by Gasteiger charge is 2.16. The van der Waals surface area contributed by atoms with Crippen molar-refractivity contribution in [3.8, 4) is 0 Å². The Labute approximate surface area is 143 Å². The molecule has 1 fully saturated rings. The number of aryl methyl sites for hydroxylation is 1. The molecule has 7 heteroatoms. The lowest BCUT2D eigenvalue weighted by molar-refractivity contribution is -0.122. The highest BCUT2D eigenvalue weighted by Crippen LogP contribution is 2.19. The van der Waals surface area contributed by atoms with Crippen LogP contribution in [0.3, 0.4) is 0 Å². The molecule has 1 saturated heterocycles. The number of aromatic nitrogens is 1. The van der Waals surface area contributed by atoms with Gasteiger partial charge in [-0.05, 0) is 52.1 Å². The molecule has 1 aromatic rings. The molecule has 2 heterocycles. The van der Waals surface area contributed by atoms with Crippen LogP contribution in [-0.4, -0.2) is 24.0 Å². The average molecular weight is 354 g/mol. The van der Waals surface area contributed by atoms with Crippen LogP contribution >= 0.6 is 36.2 Å². The predicted molar refractivity (Wildman–Crippen MR) is 92.7 cm³/mol. The van der Waals surface area contributed by atoms with E-state index >= 15 is 0 Å². The number of nitrogens with zero attached hydrogens (tertiary/aromatic N) is 1. The maximum Gasteiger partial charge on any atom is 0.220 e. The third kappa shape index (κ3) is 6.96. The molecule has 1 unspecified atom stereocenters. The van der Waals surface area contributed by atoms with Gasteiger partial charge in [-0.3, -0.25) is 4.79 Å². The zero-order valence-corrected chi connectivity index (χ0v) is 15.0. The minimum Gasteiger partial charge on any atom is -0.348 e. The summed E-state index contributed by atoms with van der Waals surface area (Å²) in [6.07, 6.45) is 4.05. The van der Waals surface area contributed by atoms with Crippen LogP contribution in [0.1, 0.15) is 49.4 Å². The van der Waals surface area contributed by atoms with Crippen molar-refractivity contribution < 1.29 is 4.79 Å². The van der Waals surface area contributed by atoms with Gasteiger partial charge < -0.3 is 10.6 Å². The topological polar surface area (TPSA) is 54.0 Å². The summed E-state index contributed by atoms with van der Waals surface area (Å²) in [7, 11) is 0. The van der Waals surface area contributed by atoms with E-state index < -0.39 is 0 Å². The number of carbonyl (C=O) groups is 1. The number of halogens is 2. The molecule has 0 aliphatic carbocycles. The van der Waals surface area contributed by atoms with E-state index in [1.807, 2.05) is 19.2 Å². The van der Waals surface area contributed by atoms with E-state index in [1.165, 1.54) is 12.8 Å². The molecule has 1 aliphatic rings. The number of piperidine rings is 1. The first-order valence-corrected chi connectivity index (χ1v) is 7.95. The molecule has 122 valence electrons. The Morgan fingerprint density at radius 1 is 1.48 bits per heavy atom. The molecular weight excluding hydrogens is 329 g/mol. The van der Waals surface area contributed by atoms with Gasteiger partial charge in [0.1, 0.15) is 0 Å². The van der Waals surface area contributed by atoms with Crippen molar-refractivity contribution in [1.82, 2.24) is 15.6 Å². The summed E-state index contributed by atoms with van der Waals surface area (Å²) in [6.45, 7) is 6.18. The smallest absolute Gasteiger partial charge is 0.220 e. The van der Waals surface area contributed by atoms with E-state index in [9.17, 15) is 4.79 Å². The summed E-state index contributed by atoms with van der Waals surface area (Å²) < 4.78 is 0. The summed E-state index contributed by atoms with van der Waals surface area (Å²) in [4.78, 5) is 16.3. The molecule has 2 N–H and O–H groups in total. The van der Waals surface area contributed by atoms with Gasteiger partial charge in [-0.1, -0.05) is 0 Å². The van der Waals surface area contributed by atoms with Crippen molar-refractivity contribution in [2.75, 3.05) is 13.1 Å². The Bertz CT molecular complexity index is 422. The van der Waals surface area contributed by atoms with Crippen LogP contribution < -0.4 is 10.6 Å². The van der Waals surface area contributed by atoms with Gasteiger partial charge in [-0.15, -0.1) is 36.2 Å². The van der Waals surface area contributed by atoms with Crippen LogP contribution in [-0.2, 0) is 4.79 Å². The number of hydrogen-bond acceptors (Lipinski definition) is 4. The van der Waals surface area contributed by atoms with Gasteiger partial charge in [0.2, 0.25) is 5.91 Å². The van der Waals surface area contributed by atoms with Gasteiger partial charge in [0.05, 0.1) is 16.7 Å². The van der Waals surface area contributed by atoms with Crippen molar-refractivity contribution in [3.05, 3.63) is 16.1 Å². The standard InChI is InChI=1S/C14H23N3OS.2ClH/c1-10(13-9-19-11(2)17-13)16-14(18)4-3-12-5-7-15-8-6-12;;/h9-10,12,15H,3-8H2,1-2H3,(H,16,18);2*1H. The lowest BCUT2D eigenvalue weighted by atomic mass is 9.93. The van der Waals surface area contributed by atoms with Gasteiger partial charge in [0.15, 0.2) is 0 Å². The quantitative estimate of drug-likeness (QED) is 0.853. The molecule has 4 nitrogen and oxygen atoms in total. The normalized spacial score (nSPS) is 16.5. The summed E-state index contributed by atoms with van der Waals surface area (Å²) in [6, 6.07) is 0.0190. The first-order chi connectivity index (χ1) is 9.15. The van der Waals surface area contributed by atoms with E-state index in [4.69, 9.17) is 0 Å². The van der Waals surface area contributed by atoms with Crippen LogP contribution in [0.25, 0.3) is 0 Å². The maximum absolute atomic E-state index is 11.9. The first kappa shape index (κ1) is 20.6. The maximum atomic E-state index is 11.9. The Balaban J connectivity index is 0.00000200. The van der Waals surface area contributed by atoms with E-state index in [0.717, 1.165) is 30.2 Å². The van der Waals surface area contributed by atoms with Crippen molar-refractivity contribution in [1.29, 1.82) is 0 Å². The molecule has 0 bridgehead atoms. The predicted octanol–water partition coefficient (Wildman–Crippen LogP) is 3.25. The highest BCUT2D eigenvalue weighted by molar-refractivity contribution is 7.09. The molecule has 1 amide bonds. The van der Waals surface area contributed by atoms with Crippen LogP contribution in [0.15, 0.2) is 5.38 Å². The van der Waals surface area contributed by atoms with Crippen molar-refractivity contribution >= 4 is 42.1 Å². The van der Waals surface area contributed by atoms with E-state index in [1.54, 1.807) is 11.3 Å². The average Bonchev–Trinajstić information content (AvgIpc) is 2.84. The largest absolute Gasteiger partial charge is 0.348 e. The van der Waals surface area contributed by atoms with Gasteiger partial charge >= 0.3 is 0 Å². The molecule has 0 saturated carbocycles. The summed E-state index contributed by atoms with van der Waals surface area (Å²) in [5, 5.41) is 9.46. The third-order valence-corrected chi connectivity index (χ3v) is 4.49. The number of rotatable bonds is 5. The van der Waals surface area contributed by atoms with E-state index in [-0.39, 0.29) is 36.8 Å². The van der Waals surface area contributed by atoms with E-state index in [2.05, 4.69) is 15.6 Å². The second-order valence-electron chi connectivity index (χ2n) is 5.31. The zero-order valence-electron chi connectivity index (χ0n) is 12.6. The number of hydrogen-bond donors (Lipinski definition) is 2. The lowest BCUT2D eigenvalue weighted by Gasteiger charge is -2.22. The molecule has 0 aromatic carbocycles. The summed E-state index contributed by atoms with van der Waals surface area (Å²) in [5.41, 5.74) is 0.970. The number of thiazole rings is 1. The van der Waals surface area contributed by atoms with Gasteiger partial charge in [0, 0.05) is 11.8 Å². The fraction of sp³-hybridized carbons (Fsp3) is 0.714. The third-order valence-electron chi connectivity index (χ3n) is 3.70. The monoisotopic (exact) mass is 353 g/mol. The number of amides is 1. The van der Waals surface area contributed by atoms with Crippen LogP contribution in [0, 0.1) is 12.8 Å². The summed E-state index contributed by atoms with van der Waals surface area (Å²) >= 11 is 1.63. The Kier molecular flexibility index (Phi) is 10.2. The minimum atomic E-state index is 0. The molecule has 1 aromatic heterocycles. The van der Waals surface area contributed by atoms with Gasteiger partial charge in [-0.2, -0.15) is 0 Å². The SMILES string of the molecule is Cc1nc(C(C)NC(=O)CCC2CCNCC2)cs1.Cl.Cl. The van der Waals surface area contributed by atoms with Crippen molar-refractivity contribution in [2.45, 2.75) is 45.6 Å². The second-order valence-corrected chi connectivity index (χ2v) is 6.37. The Morgan fingerprint density at radius 3 is 2.71 bits per heavy atom. The zero-order chi connectivity index (χ0) is 13.7. The van der Waals surface area contributed by atoms with Gasteiger partial charge in [0.25, 0.3) is 0 Å². The fourth-order valence-corrected chi connectivity index (χ4v) is 3.18.